The van der Waals surface area contributed by atoms with E-state index in [2.05, 4.69) is 10.6 Å². The fourth-order valence-corrected chi connectivity index (χ4v) is 4.30. The standard InChI is InChI=1S/C25H38N6O6/c26-13-5-4-9-18(29-22(33)17(27)15-16-7-2-1-3-8-16)23(34)30-19(11-12-21(28)32)24(35)31-14-6-10-20(31)25(36)37/h1-3,7-8,17-20H,4-6,9-15,26-27H2,(H2,28,32)(H,29,33)(H,30,34)(H,36,37). The van der Waals surface area contributed by atoms with Crippen LogP contribution in [0.2, 0.25) is 0 Å². The molecular formula is C25H38N6O6. The molecule has 1 aromatic carbocycles. The number of carbonyl (C=O) groups is 5. The lowest BCUT2D eigenvalue weighted by Gasteiger charge is -2.29. The second-order valence-electron chi connectivity index (χ2n) is 9.24. The fourth-order valence-electron chi connectivity index (χ4n) is 4.30. The number of likely N-dealkylation sites (tertiary alicyclic amines) is 1. The quantitative estimate of drug-likeness (QED) is 0.158. The van der Waals surface area contributed by atoms with Crippen molar-refractivity contribution in [3.63, 3.8) is 0 Å². The summed E-state index contributed by atoms with van der Waals surface area (Å²) in [4.78, 5) is 63.4. The summed E-state index contributed by atoms with van der Waals surface area (Å²) in [7, 11) is 0. The molecular weight excluding hydrogens is 480 g/mol. The zero-order valence-electron chi connectivity index (χ0n) is 20.9. The summed E-state index contributed by atoms with van der Waals surface area (Å²) >= 11 is 0. The highest BCUT2D eigenvalue weighted by molar-refractivity contribution is 5.94. The summed E-state index contributed by atoms with van der Waals surface area (Å²) < 4.78 is 0. The van der Waals surface area contributed by atoms with Gasteiger partial charge in [-0.3, -0.25) is 19.2 Å². The van der Waals surface area contributed by atoms with E-state index in [1.54, 1.807) is 0 Å². The molecule has 2 rings (SSSR count). The van der Waals surface area contributed by atoms with Crippen molar-refractivity contribution in [1.82, 2.24) is 15.5 Å². The van der Waals surface area contributed by atoms with E-state index in [0.717, 1.165) is 5.56 Å². The van der Waals surface area contributed by atoms with E-state index in [4.69, 9.17) is 17.2 Å². The molecule has 12 heteroatoms. The molecule has 0 spiro atoms. The minimum Gasteiger partial charge on any atom is -0.480 e. The van der Waals surface area contributed by atoms with E-state index in [1.807, 2.05) is 30.3 Å². The Morgan fingerprint density at radius 3 is 2.30 bits per heavy atom. The van der Waals surface area contributed by atoms with Crippen molar-refractivity contribution in [2.75, 3.05) is 13.1 Å². The number of hydrogen-bond donors (Lipinski definition) is 6. The summed E-state index contributed by atoms with van der Waals surface area (Å²) in [6.45, 7) is 0.630. The first-order valence-electron chi connectivity index (χ1n) is 12.6. The van der Waals surface area contributed by atoms with Crippen molar-refractivity contribution in [3.05, 3.63) is 35.9 Å². The van der Waals surface area contributed by atoms with Crippen LogP contribution in [0.5, 0.6) is 0 Å². The van der Waals surface area contributed by atoms with Crippen molar-refractivity contribution in [3.8, 4) is 0 Å². The number of nitrogens with one attached hydrogen (secondary N) is 2. The van der Waals surface area contributed by atoms with E-state index in [-0.39, 0.29) is 32.2 Å². The van der Waals surface area contributed by atoms with E-state index >= 15 is 0 Å². The first kappa shape index (κ1) is 29.7. The normalized spacial score (nSPS) is 17.5. The van der Waals surface area contributed by atoms with Crippen LogP contribution in [-0.2, 0) is 30.4 Å². The van der Waals surface area contributed by atoms with E-state index in [1.165, 1.54) is 4.90 Å². The van der Waals surface area contributed by atoms with Crippen LogP contribution in [0, 0.1) is 0 Å². The maximum absolute atomic E-state index is 13.2. The third-order valence-corrected chi connectivity index (χ3v) is 6.33. The predicted octanol–water partition coefficient (Wildman–Crippen LogP) is -1.00. The summed E-state index contributed by atoms with van der Waals surface area (Å²) in [5.41, 5.74) is 17.8. The summed E-state index contributed by atoms with van der Waals surface area (Å²) in [5.74, 6) is -3.56. The minimum absolute atomic E-state index is 0.0975. The number of amides is 4. The van der Waals surface area contributed by atoms with Crippen LogP contribution in [-0.4, -0.2) is 76.9 Å². The predicted molar refractivity (Wildman–Crippen MR) is 136 cm³/mol. The Morgan fingerprint density at radius 1 is 1.00 bits per heavy atom. The van der Waals surface area contributed by atoms with Crippen LogP contribution in [0.3, 0.4) is 0 Å². The number of carboxylic acids is 1. The largest absolute Gasteiger partial charge is 0.480 e. The molecule has 37 heavy (non-hydrogen) atoms. The Kier molecular flexibility index (Phi) is 12.0. The van der Waals surface area contributed by atoms with Crippen LogP contribution in [0.25, 0.3) is 0 Å². The van der Waals surface area contributed by atoms with Gasteiger partial charge in [0.05, 0.1) is 6.04 Å². The minimum atomic E-state index is -1.17. The lowest BCUT2D eigenvalue weighted by atomic mass is 10.0. The Hall–Kier alpha value is -3.51. The molecule has 0 bridgehead atoms. The van der Waals surface area contributed by atoms with E-state index in [0.29, 0.717) is 32.2 Å². The van der Waals surface area contributed by atoms with Gasteiger partial charge >= 0.3 is 5.97 Å². The molecule has 1 aliphatic rings. The average Bonchev–Trinajstić information content (AvgIpc) is 3.36. The van der Waals surface area contributed by atoms with E-state index in [9.17, 15) is 29.1 Å². The summed E-state index contributed by atoms with van der Waals surface area (Å²) in [6, 6.07) is 5.13. The molecule has 9 N–H and O–H groups in total. The Balaban J connectivity index is 2.14. The van der Waals surface area contributed by atoms with Gasteiger partial charge in [-0.2, -0.15) is 0 Å². The molecule has 4 amide bonds. The first-order chi connectivity index (χ1) is 17.6. The second-order valence-corrected chi connectivity index (χ2v) is 9.24. The number of aliphatic carboxylic acids is 1. The molecule has 1 aliphatic heterocycles. The topological polar surface area (TPSA) is 211 Å². The van der Waals surface area contributed by atoms with Gasteiger partial charge in [0.1, 0.15) is 18.1 Å². The Morgan fingerprint density at radius 2 is 1.68 bits per heavy atom. The van der Waals surface area contributed by atoms with Gasteiger partial charge in [-0.25, -0.2) is 4.79 Å². The lowest BCUT2D eigenvalue weighted by molar-refractivity contribution is -0.149. The number of primary amides is 1. The van der Waals surface area contributed by atoms with Gasteiger partial charge in [0.25, 0.3) is 0 Å². The molecule has 0 aromatic heterocycles. The van der Waals surface area contributed by atoms with Crippen LogP contribution in [0.4, 0.5) is 0 Å². The van der Waals surface area contributed by atoms with Crippen molar-refractivity contribution in [2.45, 2.75) is 75.5 Å². The fraction of sp³-hybridized carbons (Fsp3) is 0.560. The van der Waals surface area contributed by atoms with Crippen molar-refractivity contribution in [2.24, 2.45) is 17.2 Å². The van der Waals surface area contributed by atoms with E-state index < -0.39 is 53.8 Å². The zero-order valence-corrected chi connectivity index (χ0v) is 20.9. The van der Waals surface area contributed by atoms with Crippen LogP contribution >= 0.6 is 0 Å². The monoisotopic (exact) mass is 518 g/mol. The highest BCUT2D eigenvalue weighted by Crippen LogP contribution is 2.20. The average molecular weight is 519 g/mol. The third-order valence-electron chi connectivity index (χ3n) is 6.33. The van der Waals surface area contributed by atoms with Crippen molar-refractivity contribution < 1.29 is 29.1 Å². The number of unbranched alkanes of at least 4 members (excludes halogenated alkanes) is 1. The highest BCUT2D eigenvalue weighted by Gasteiger charge is 2.38. The van der Waals surface area contributed by atoms with Crippen LogP contribution in [0.15, 0.2) is 30.3 Å². The zero-order chi connectivity index (χ0) is 27.4. The SMILES string of the molecule is NCCCCC(NC(=O)C(N)Cc1ccccc1)C(=O)NC(CCC(N)=O)C(=O)N1CCCC1C(=O)O. The Labute approximate surface area is 216 Å². The number of hydrogen-bond acceptors (Lipinski definition) is 7. The number of carboxylic acid groups (broad SMARTS) is 1. The van der Waals surface area contributed by atoms with Gasteiger partial charge in [0, 0.05) is 13.0 Å². The number of nitrogens with two attached hydrogens (primary N) is 3. The number of rotatable bonds is 15. The molecule has 1 saturated heterocycles. The first-order valence-corrected chi connectivity index (χ1v) is 12.6. The molecule has 1 aromatic rings. The number of nitrogens with zero attached hydrogens (tertiary/aromatic N) is 1. The highest BCUT2D eigenvalue weighted by atomic mass is 16.4. The summed E-state index contributed by atoms with van der Waals surface area (Å²) in [6.07, 6.45) is 2.21. The summed E-state index contributed by atoms with van der Waals surface area (Å²) in [5, 5.41) is 14.7. The molecule has 204 valence electrons. The molecule has 1 fully saturated rings. The Bertz CT molecular complexity index is 943. The van der Waals surface area contributed by atoms with Gasteiger partial charge in [0.15, 0.2) is 0 Å². The van der Waals surface area contributed by atoms with Crippen LogP contribution in [0.1, 0.15) is 50.5 Å². The number of carbonyl (C=O) groups excluding carboxylic acids is 4. The molecule has 0 saturated carbocycles. The number of benzene rings is 1. The van der Waals surface area contributed by atoms with Crippen molar-refractivity contribution >= 4 is 29.6 Å². The maximum Gasteiger partial charge on any atom is 0.326 e. The van der Waals surface area contributed by atoms with Crippen molar-refractivity contribution in [1.29, 1.82) is 0 Å². The molecule has 12 nitrogen and oxygen atoms in total. The molecule has 4 unspecified atom stereocenters. The maximum atomic E-state index is 13.2. The van der Waals surface area contributed by atoms with Gasteiger partial charge in [-0.05, 0) is 57.1 Å². The molecule has 4 atom stereocenters. The smallest absolute Gasteiger partial charge is 0.326 e. The molecule has 0 aliphatic carbocycles. The van der Waals surface area contributed by atoms with Gasteiger partial charge < -0.3 is 37.8 Å². The van der Waals surface area contributed by atoms with Gasteiger partial charge in [0.2, 0.25) is 23.6 Å². The lowest BCUT2D eigenvalue weighted by Crippen LogP contribution is -2.57. The molecule has 0 radical (unpaired) electrons. The molecule has 1 heterocycles. The van der Waals surface area contributed by atoms with Crippen LogP contribution < -0.4 is 27.8 Å². The second kappa shape index (κ2) is 14.9. The van der Waals surface area contributed by atoms with Gasteiger partial charge in [-0.15, -0.1) is 0 Å². The third kappa shape index (κ3) is 9.47. The van der Waals surface area contributed by atoms with Gasteiger partial charge in [-0.1, -0.05) is 30.3 Å².